The van der Waals surface area contributed by atoms with E-state index in [1.165, 1.54) is 12.1 Å². The Morgan fingerprint density at radius 1 is 1.19 bits per heavy atom. The molecule has 0 aliphatic carbocycles. The van der Waals surface area contributed by atoms with Crippen molar-refractivity contribution in [3.63, 3.8) is 0 Å². The Morgan fingerprint density at radius 2 is 1.93 bits per heavy atom. The van der Waals surface area contributed by atoms with Gasteiger partial charge in [-0.2, -0.15) is 0 Å². The number of carboxylic acid groups (broad SMARTS) is 1. The summed E-state index contributed by atoms with van der Waals surface area (Å²) in [4.78, 5) is 23.0. The zero-order valence-corrected chi connectivity index (χ0v) is 14.6. The summed E-state index contributed by atoms with van der Waals surface area (Å²) < 4.78 is 24.3. The largest absolute Gasteiger partial charge is 0.489 e. The van der Waals surface area contributed by atoms with E-state index in [9.17, 15) is 14.0 Å². The molecule has 1 amide bonds. The second kappa shape index (κ2) is 7.90. The van der Waals surface area contributed by atoms with Gasteiger partial charge in [-0.05, 0) is 42.8 Å². The lowest BCUT2D eigenvalue weighted by Gasteiger charge is -2.07. The van der Waals surface area contributed by atoms with E-state index in [2.05, 4.69) is 5.32 Å². The van der Waals surface area contributed by atoms with Crippen molar-refractivity contribution >= 4 is 22.8 Å². The van der Waals surface area contributed by atoms with Gasteiger partial charge in [0, 0.05) is 11.9 Å². The Bertz CT molecular complexity index is 978. The van der Waals surface area contributed by atoms with E-state index < -0.39 is 11.9 Å². The minimum atomic E-state index is -0.986. The Labute approximate surface area is 154 Å². The van der Waals surface area contributed by atoms with Gasteiger partial charge in [0.1, 0.15) is 29.5 Å². The van der Waals surface area contributed by atoms with Gasteiger partial charge in [0.15, 0.2) is 0 Å². The van der Waals surface area contributed by atoms with Crippen molar-refractivity contribution in [3.05, 3.63) is 65.2 Å². The molecule has 1 heterocycles. The molecular weight excluding hydrogens is 353 g/mol. The molecule has 0 bridgehead atoms. The average Bonchev–Trinajstić information content (AvgIpc) is 2.96. The molecular formula is C20H18FNO5. The highest BCUT2D eigenvalue weighted by Gasteiger charge is 2.19. The van der Waals surface area contributed by atoms with E-state index in [0.717, 1.165) is 5.56 Å². The fourth-order valence-electron chi connectivity index (χ4n) is 2.69. The van der Waals surface area contributed by atoms with Crippen LogP contribution in [0.15, 0.2) is 46.9 Å². The predicted molar refractivity (Wildman–Crippen MR) is 96.3 cm³/mol. The van der Waals surface area contributed by atoms with Crippen LogP contribution in [0, 0.1) is 12.7 Å². The van der Waals surface area contributed by atoms with Crippen LogP contribution in [0.25, 0.3) is 11.0 Å². The van der Waals surface area contributed by atoms with Crippen molar-refractivity contribution in [2.75, 3.05) is 6.54 Å². The average molecular weight is 371 g/mol. The summed E-state index contributed by atoms with van der Waals surface area (Å²) in [7, 11) is 0. The molecule has 0 saturated heterocycles. The van der Waals surface area contributed by atoms with Gasteiger partial charge >= 0.3 is 5.97 Å². The first-order chi connectivity index (χ1) is 12.9. The number of carbonyl (C=O) groups excluding carboxylic acids is 1. The van der Waals surface area contributed by atoms with Gasteiger partial charge in [-0.3, -0.25) is 9.59 Å². The van der Waals surface area contributed by atoms with Crippen LogP contribution in [0.2, 0.25) is 0 Å². The van der Waals surface area contributed by atoms with E-state index in [4.69, 9.17) is 14.3 Å². The molecule has 2 N–H and O–H groups in total. The fourth-order valence-corrected chi connectivity index (χ4v) is 2.69. The highest BCUT2D eigenvalue weighted by atomic mass is 19.1. The van der Waals surface area contributed by atoms with Crippen LogP contribution < -0.4 is 10.1 Å². The van der Waals surface area contributed by atoms with Crippen molar-refractivity contribution in [2.24, 2.45) is 0 Å². The topological polar surface area (TPSA) is 88.8 Å². The van der Waals surface area contributed by atoms with Gasteiger partial charge in [0.2, 0.25) is 0 Å². The van der Waals surface area contributed by atoms with Gasteiger partial charge in [-0.25, -0.2) is 4.39 Å². The number of carboxylic acids is 1. The molecule has 0 spiro atoms. The van der Waals surface area contributed by atoms with Gasteiger partial charge < -0.3 is 19.6 Å². The van der Waals surface area contributed by atoms with Gasteiger partial charge in [0.25, 0.3) is 5.91 Å². The second-order valence-electron chi connectivity index (χ2n) is 6.01. The standard InChI is InChI=1S/C20H18FNO5/c1-12-19(20(25)22-9-8-18(23)24)16-10-15(6-7-17(16)27-12)26-11-13-2-4-14(21)5-3-13/h2-7,10H,8-9,11H2,1H3,(H,22,25)(H,23,24). The number of nitrogens with one attached hydrogen (secondary N) is 1. The summed E-state index contributed by atoms with van der Waals surface area (Å²) >= 11 is 0. The molecule has 27 heavy (non-hydrogen) atoms. The molecule has 0 radical (unpaired) electrons. The number of aryl methyl sites for hydroxylation is 1. The Kier molecular flexibility index (Phi) is 5.40. The maximum absolute atomic E-state index is 13.0. The van der Waals surface area contributed by atoms with E-state index in [-0.39, 0.29) is 25.4 Å². The van der Waals surface area contributed by atoms with E-state index >= 15 is 0 Å². The Hall–Kier alpha value is -3.35. The Morgan fingerprint density at radius 3 is 2.63 bits per heavy atom. The summed E-state index contributed by atoms with van der Waals surface area (Å²) in [5, 5.41) is 11.8. The summed E-state index contributed by atoms with van der Waals surface area (Å²) in [5.74, 6) is -0.725. The van der Waals surface area contributed by atoms with Crippen LogP contribution in [-0.4, -0.2) is 23.5 Å². The van der Waals surface area contributed by atoms with Crippen LogP contribution >= 0.6 is 0 Å². The monoisotopic (exact) mass is 371 g/mol. The number of amides is 1. The molecule has 140 valence electrons. The number of furan rings is 1. The number of ether oxygens (including phenoxy) is 1. The lowest BCUT2D eigenvalue weighted by Crippen LogP contribution is -2.26. The fraction of sp³-hybridized carbons (Fsp3) is 0.200. The molecule has 0 atom stereocenters. The first-order valence-corrected chi connectivity index (χ1v) is 8.34. The first-order valence-electron chi connectivity index (χ1n) is 8.34. The highest BCUT2D eigenvalue weighted by molar-refractivity contribution is 6.07. The predicted octanol–water partition coefficient (Wildman–Crippen LogP) is 3.66. The number of halogens is 1. The van der Waals surface area contributed by atoms with Gasteiger partial charge in [-0.1, -0.05) is 12.1 Å². The van der Waals surface area contributed by atoms with Gasteiger partial charge in [0.05, 0.1) is 12.0 Å². The second-order valence-corrected chi connectivity index (χ2v) is 6.01. The van der Waals surface area contributed by atoms with Crippen LogP contribution in [0.1, 0.15) is 28.1 Å². The van der Waals surface area contributed by atoms with Crippen molar-refractivity contribution in [2.45, 2.75) is 20.0 Å². The molecule has 6 nitrogen and oxygen atoms in total. The summed E-state index contributed by atoms with van der Waals surface area (Å²) in [5.41, 5.74) is 1.69. The smallest absolute Gasteiger partial charge is 0.305 e. The molecule has 3 rings (SSSR count). The van der Waals surface area contributed by atoms with E-state index in [0.29, 0.717) is 28.0 Å². The molecule has 0 saturated carbocycles. The molecule has 0 aliphatic heterocycles. The normalized spacial score (nSPS) is 10.7. The maximum atomic E-state index is 13.0. The number of rotatable bonds is 7. The van der Waals surface area contributed by atoms with Crippen LogP contribution in [-0.2, 0) is 11.4 Å². The molecule has 1 aromatic heterocycles. The van der Waals surface area contributed by atoms with Crippen molar-refractivity contribution < 1.29 is 28.2 Å². The minimum Gasteiger partial charge on any atom is -0.489 e. The van der Waals surface area contributed by atoms with E-state index in [1.54, 1.807) is 37.3 Å². The zero-order valence-electron chi connectivity index (χ0n) is 14.6. The first kappa shape index (κ1) is 18.4. The molecule has 0 fully saturated rings. The minimum absolute atomic E-state index is 0.0288. The van der Waals surface area contributed by atoms with Crippen molar-refractivity contribution in [3.8, 4) is 5.75 Å². The zero-order chi connectivity index (χ0) is 19.4. The number of hydrogen-bond donors (Lipinski definition) is 2. The SMILES string of the molecule is Cc1oc2ccc(OCc3ccc(F)cc3)cc2c1C(=O)NCCC(=O)O. The number of fused-ring (bicyclic) bond motifs is 1. The molecule has 2 aromatic carbocycles. The number of carbonyl (C=O) groups is 2. The third-order valence-electron chi connectivity index (χ3n) is 4.01. The quantitative estimate of drug-likeness (QED) is 0.662. The van der Waals surface area contributed by atoms with Crippen LogP contribution in [0.5, 0.6) is 5.75 Å². The van der Waals surface area contributed by atoms with Crippen LogP contribution in [0.3, 0.4) is 0 Å². The molecule has 3 aromatic rings. The number of benzene rings is 2. The summed E-state index contributed by atoms with van der Waals surface area (Å²) in [6.45, 7) is 1.95. The lowest BCUT2D eigenvalue weighted by atomic mass is 10.1. The maximum Gasteiger partial charge on any atom is 0.305 e. The lowest BCUT2D eigenvalue weighted by molar-refractivity contribution is -0.136. The third kappa shape index (κ3) is 4.44. The number of aliphatic carboxylic acids is 1. The Balaban J connectivity index is 1.78. The summed E-state index contributed by atoms with van der Waals surface area (Å²) in [6, 6.07) is 11.1. The summed E-state index contributed by atoms with van der Waals surface area (Å²) in [6.07, 6.45) is -0.160. The third-order valence-corrected chi connectivity index (χ3v) is 4.01. The molecule has 0 unspecified atom stereocenters. The van der Waals surface area contributed by atoms with E-state index in [1.807, 2.05) is 0 Å². The number of hydrogen-bond acceptors (Lipinski definition) is 4. The van der Waals surface area contributed by atoms with Gasteiger partial charge in [-0.15, -0.1) is 0 Å². The van der Waals surface area contributed by atoms with Crippen LogP contribution in [0.4, 0.5) is 4.39 Å². The highest BCUT2D eigenvalue weighted by Crippen LogP contribution is 2.29. The van der Waals surface area contributed by atoms with Crippen molar-refractivity contribution in [1.82, 2.24) is 5.32 Å². The van der Waals surface area contributed by atoms with Crippen molar-refractivity contribution in [1.29, 1.82) is 0 Å². The molecule has 0 aliphatic rings. The molecule has 7 heteroatoms.